The molecule has 1 aliphatic carbocycles. The summed E-state index contributed by atoms with van der Waals surface area (Å²) in [7, 11) is -3.13. The summed E-state index contributed by atoms with van der Waals surface area (Å²) in [6.07, 6.45) is 7.33. The minimum Gasteiger partial charge on any atom is -0.315 e. The van der Waals surface area contributed by atoms with Gasteiger partial charge < -0.3 is 5.32 Å². The molecule has 2 rings (SSSR count). The molecule has 0 spiro atoms. The lowest BCUT2D eigenvalue weighted by atomic mass is 9.84. The second-order valence-corrected chi connectivity index (χ2v) is 8.39. The van der Waals surface area contributed by atoms with Crippen LogP contribution in [0.15, 0.2) is 0 Å². The van der Waals surface area contributed by atoms with Gasteiger partial charge in [-0.15, -0.1) is 0 Å². The Kier molecular flexibility index (Phi) is 4.39. The fourth-order valence-corrected chi connectivity index (χ4v) is 4.99. The molecule has 0 aromatic rings. The van der Waals surface area contributed by atoms with Gasteiger partial charge in [-0.2, -0.15) is 11.8 Å². The zero-order valence-electron chi connectivity index (χ0n) is 10.4. The van der Waals surface area contributed by atoms with Crippen molar-refractivity contribution >= 4 is 21.8 Å². The van der Waals surface area contributed by atoms with Gasteiger partial charge in [-0.1, -0.05) is 6.42 Å². The Morgan fingerprint density at radius 1 is 1.41 bits per heavy atom. The highest BCUT2D eigenvalue weighted by Gasteiger charge is 2.38. The molecule has 0 bridgehead atoms. The molecule has 1 atom stereocenters. The summed E-state index contributed by atoms with van der Waals surface area (Å²) in [6, 6.07) is 0. The zero-order valence-corrected chi connectivity index (χ0v) is 12.0. The average molecular weight is 278 g/mol. The molecule has 0 aromatic carbocycles. The van der Waals surface area contributed by atoms with E-state index >= 15 is 0 Å². The Hall–Kier alpha value is 0.220. The molecule has 4 nitrogen and oxygen atoms in total. The second kappa shape index (κ2) is 5.47. The van der Waals surface area contributed by atoms with Crippen LogP contribution >= 0.6 is 11.8 Å². The molecule has 1 unspecified atom stereocenters. The van der Waals surface area contributed by atoms with Gasteiger partial charge in [0.25, 0.3) is 0 Å². The first-order chi connectivity index (χ1) is 8.08. The van der Waals surface area contributed by atoms with Crippen molar-refractivity contribution in [2.24, 2.45) is 0 Å². The van der Waals surface area contributed by atoms with Gasteiger partial charge in [0.15, 0.2) is 0 Å². The SMILES string of the molecule is CSC1(CNS(=O)(=O)C2CCCNC2)CCC1. The van der Waals surface area contributed by atoms with Crippen LogP contribution in [-0.4, -0.2) is 44.3 Å². The number of hydrogen-bond donors (Lipinski definition) is 2. The molecule has 1 heterocycles. The van der Waals surface area contributed by atoms with Crippen LogP contribution in [0.25, 0.3) is 0 Å². The van der Waals surface area contributed by atoms with Gasteiger partial charge in [0.1, 0.15) is 0 Å². The lowest BCUT2D eigenvalue weighted by molar-refractivity contribution is 0.360. The molecule has 1 saturated heterocycles. The molecule has 0 radical (unpaired) electrons. The number of rotatable bonds is 5. The number of hydrogen-bond acceptors (Lipinski definition) is 4. The van der Waals surface area contributed by atoms with Gasteiger partial charge in [0.2, 0.25) is 10.0 Å². The molecular formula is C11H22N2O2S2. The van der Waals surface area contributed by atoms with Crippen LogP contribution < -0.4 is 10.0 Å². The van der Waals surface area contributed by atoms with E-state index in [9.17, 15) is 8.42 Å². The largest absolute Gasteiger partial charge is 0.315 e. The van der Waals surface area contributed by atoms with E-state index < -0.39 is 10.0 Å². The third kappa shape index (κ3) is 3.16. The quantitative estimate of drug-likeness (QED) is 0.786. The average Bonchev–Trinajstić information content (AvgIpc) is 2.29. The summed E-state index contributed by atoms with van der Waals surface area (Å²) in [5.41, 5.74) is 0. The van der Waals surface area contributed by atoms with Crippen LogP contribution in [0.3, 0.4) is 0 Å². The summed E-state index contributed by atoms with van der Waals surface area (Å²) < 4.78 is 27.3. The highest BCUT2D eigenvalue weighted by atomic mass is 32.2. The normalized spacial score (nSPS) is 28.6. The second-order valence-electron chi connectivity index (χ2n) is 5.08. The third-order valence-electron chi connectivity index (χ3n) is 3.98. The summed E-state index contributed by atoms with van der Waals surface area (Å²) >= 11 is 1.80. The van der Waals surface area contributed by atoms with E-state index in [1.54, 1.807) is 11.8 Å². The Labute approximate surface area is 108 Å². The molecule has 17 heavy (non-hydrogen) atoms. The van der Waals surface area contributed by atoms with Gasteiger partial charge in [0.05, 0.1) is 5.25 Å². The first-order valence-corrected chi connectivity index (χ1v) is 9.09. The number of piperidine rings is 1. The molecule has 2 aliphatic rings. The van der Waals surface area contributed by atoms with E-state index in [0.29, 0.717) is 13.1 Å². The standard InChI is InChI=1S/C11H22N2O2S2/c1-16-11(5-3-6-11)9-13-17(14,15)10-4-2-7-12-8-10/h10,12-13H,2-9H2,1H3. The predicted octanol–water partition coefficient (Wildman–Crippen LogP) is 0.943. The van der Waals surface area contributed by atoms with Gasteiger partial charge >= 0.3 is 0 Å². The Bertz CT molecular complexity index is 341. The molecule has 1 saturated carbocycles. The topological polar surface area (TPSA) is 58.2 Å². The first-order valence-electron chi connectivity index (χ1n) is 6.32. The Morgan fingerprint density at radius 3 is 2.65 bits per heavy atom. The first kappa shape index (κ1) is 13.6. The maximum Gasteiger partial charge on any atom is 0.215 e. The lowest BCUT2D eigenvalue weighted by Crippen LogP contribution is -2.50. The van der Waals surface area contributed by atoms with Gasteiger partial charge in [-0.3, -0.25) is 0 Å². The van der Waals surface area contributed by atoms with E-state index in [2.05, 4.69) is 16.3 Å². The highest BCUT2D eigenvalue weighted by molar-refractivity contribution is 8.00. The fourth-order valence-electron chi connectivity index (χ4n) is 2.46. The van der Waals surface area contributed by atoms with Crippen molar-refractivity contribution < 1.29 is 8.42 Å². The van der Waals surface area contributed by atoms with Crippen molar-refractivity contribution in [2.45, 2.75) is 42.1 Å². The molecule has 6 heteroatoms. The van der Waals surface area contributed by atoms with E-state index in [4.69, 9.17) is 0 Å². The minimum atomic E-state index is -3.13. The summed E-state index contributed by atoms with van der Waals surface area (Å²) in [5, 5.41) is 2.92. The third-order valence-corrected chi connectivity index (χ3v) is 7.23. The molecule has 100 valence electrons. The minimum absolute atomic E-state index is 0.176. The van der Waals surface area contributed by atoms with Crippen molar-refractivity contribution in [3.63, 3.8) is 0 Å². The Morgan fingerprint density at radius 2 is 2.18 bits per heavy atom. The summed E-state index contributed by atoms with van der Waals surface area (Å²) in [6.45, 7) is 2.15. The smallest absolute Gasteiger partial charge is 0.215 e. The van der Waals surface area contributed by atoms with E-state index in [1.165, 1.54) is 6.42 Å². The monoisotopic (exact) mass is 278 g/mol. The molecule has 2 N–H and O–H groups in total. The van der Waals surface area contributed by atoms with Crippen molar-refractivity contribution in [2.75, 3.05) is 25.9 Å². The molecule has 0 aromatic heterocycles. The van der Waals surface area contributed by atoms with Crippen LogP contribution in [0.4, 0.5) is 0 Å². The number of sulfonamides is 1. The van der Waals surface area contributed by atoms with Crippen molar-refractivity contribution in [3.05, 3.63) is 0 Å². The zero-order chi connectivity index (χ0) is 12.4. The maximum atomic E-state index is 12.1. The van der Waals surface area contributed by atoms with E-state index in [1.807, 2.05) is 0 Å². The van der Waals surface area contributed by atoms with Crippen LogP contribution in [0.1, 0.15) is 32.1 Å². The van der Waals surface area contributed by atoms with Gasteiger partial charge in [-0.05, 0) is 38.5 Å². The van der Waals surface area contributed by atoms with Gasteiger partial charge in [0, 0.05) is 17.8 Å². The van der Waals surface area contributed by atoms with Crippen molar-refractivity contribution in [3.8, 4) is 0 Å². The molecule has 1 aliphatic heterocycles. The van der Waals surface area contributed by atoms with E-state index in [0.717, 1.165) is 32.2 Å². The Balaban J connectivity index is 1.88. The van der Waals surface area contributed by atoms with Crippen LogP contribution in [0.5, 0.6) is 0 Å². The maximum absolute atomic E-state index is 12.1. The number of thioether (sulfide) groups is 1. The van der Waals surface area contributed by atoms with Crippen LogP contribution in [0.2, 0.25) is 0 Å². The molecule has 2 fully saturated rings. The highest BCUT2D eigenvalue weighted by Crippen LogP contribution is 2.42. The van der Waals surface area contributed by atoms with E-state index in [-0.39, 0.29) is 10.00 Å². The molecule has 0 amide bonds. The number of nitrogens with one attached hydrogen (secondary N) is 2. The molecular weight excluding hydrogens is 256 g/mol. The van der Waals surface area contributed by atoms with Crippen LogP contribution in [-0.2, 0) is 10.0 Å². The predicted molar refractivity (Wildman–Crippen MR) is 72.9 cm³/mol. The van der Waals surface area contributed by atoms with Crippen molar-refractivity contribution in [1.29, 1.82) is 0 Å². The van der Waals surface area contributed by atoms with Crippen LogP contribution in [0, 0.1) is 0 Å². The summed E-state index contributed by atoms with van der Waals surface area (Å²) in [5.74, 6) is 0. The lowest BCUT2D eigenvalue weighted by Gasteiger charge is -2.40. The van der Waals surface area contributed by atoms with Gasteiger partial charge in [-0.25, -0.2) is 13.1 Å². The van der Waals surface area contributed by atoms with Crippen molar-refractivity contribution in [1.82, 2.24) is 10.0 Å². The fraction of sp³-hybridized carbons (Fsp3) is 1.00. The summed E-state index contributed by atoms with van der Waals surface area (Å²) in [4.78, 5) is 0.